The van der Waals surface area contributed by atoms with Gasteiger partial charge in [-0.1, -0.05) is 6.42 Å². The van der Waals surface area contributed by atoms with Crippen LogP contribution >= 0.6 is 11.3 Å². The first-order valence-electron chi connectivity index (χ1n) is 8.08. The van der Waals surface area contributed by atoms with Crippen LogP contribution in [0.3, 0.4) is 0 Å². The third-order valence-corrected chi connectivity index (χ3v) is 6.88. The van der Waals surface area contributed by atoms with Gasteiger partial charge in [0.2, 0.25) is 0 Å². The van der Waals surface area contributed by atoms with Gasteiger partial charge in [-0.25, -0.2) is 0 Å². The first kappa shape index (κ1) is 13.3. The van der Waals surface area contributed by atoms with Gasteiger partial charge >= 0.3 is 0 Å². The average molecular weight is 291 g/mol. The SMILES string of the molecule is NCC1(N2CCc3sccc3C2)CCN2CCCCC21. The molecule has 110 valence electrons. The van der Waals surface area contributed by atoms with E-state index in [0.29, 0.717) is 6.04 Å². The molecule has 2 atom stereocenters. The van der Waals surface area contributed by atoms with Crippen LogP contribution in [-0.2, 0) is 13.0 Å². The maximum absolute atomic E-state index is 6.34. The fraction of sp³-hybridized carbons (Fsp3) is 0.750. The van der Waals surface area contributed by atoms with Gasteiger partial charge in [0.1, 0.15) is 0 Å². The number of nitrogens with zero attached hydrogens (tertiary/aromatic N) is 2. The number of nitrogens with two attached hydrogens (primary N) is 1. The number of rotatable bonds is 2. The van der Waals surface area contributed by atoms with E-state index in [2.05, 4.69) is 21.2 Å². The third kappa shape index (κ3) is 1.89. The number of fused-ring (bicyclic) bond motifs is 2. The number of piperidine rings is 1. The molecule has 1 aromatic heterocycles. The molecule has 2 saturated heterocycles. The van der Waals surface area contributed by atoms with E-state index in [1.807, 2.05) is 11.3 Å². The first-order chi connectivity index (χ1) is 9.83. The van der Waals surface area contributed by atoms with Gasteiger partial charge in [-0.2, -0.15) is 0 Å². The van der Waals surface area contributed by atoms with Crippen LogP contribution in [0.2, 0.25) is 0 Å². The first-order valence-corrected chi connectivity index (χ1v) is 8.96. The third-order valence-electron chi connectivity index (χ3n) is 5.86. The smallest absolute Gasteiger partial charge is 0.0502 e. The van der Waals surface area contributed by atoms with Crippen molar-refractivity contribution >= 4 is 11.3 Å². The van der Waals surface area contributed by atoms with E-state index in [-0.39, 0.29) is 5.54 Å². The topological polar surface area (TPSA) is 32.5 Å². The van der Waals surface area contributed by atoms with Gasteiger partial charge in [-0.3, -0.25) is 9.80 Å². The van der Waals surface area contributed by atoms with Crippen LogP contribution in [-0.4, -0.2) is 47.6 Å². The summed E-state index contributed by atoms with van der Waals surface area (Å²) in [5.74, 6) is 0. The molecular weight excluding hydrogens is 266 g/mol. The molecule has 4 heteroatoms. The summed E-state index contributed by atoms with van der Waals surface area (Å²) >= 11 is 1.93. The van der Waals surface area contributed by atoms with Crippen LogP contribution in [0.1, 0.15) is 36.1 Å². The predicted molar refractivity (Wildman–Crippen MR) is 84.0 cm³/mol. The molecule has 0 saturated carbocycles. The average Bonchev–Trinajstić information content (AvgIpc) is 3.11. The van der Waals surface area contributed by atoms with E-state index < -0.39 is 0 Å². The highest BCUT2D eigenvalue weighted by atomic mass is 32.1. The van der Waals surface area contributed by atoms with Gasteiger partial charge in [0.15, 0.2) is 0 Å². The lowest BCUT2D eigenvalue weighted by Gasteiger charge is -2.48. The van der Waals surface area contributed by atoms with Crippen LogP contribution in [0.5, 0.6) is 0 Å². The van der Waals surface area contributed by atoms with Crippen molar-refractivity contribution in [3.05, 3.63) is 21.9 Å². The molecule has 4 rings (SSSR count). The molecule has 2 unspecified atom stereocenters. The van der Waals surface area contributed by atoms with E-state index in [1.165, 1.54) is 51.7 Å². The van der Waals surface area contributed by atoms with Crippen molar-refractivity contribution in [3.63, 3.8) is 0 Å². The van der Waals surface area contributed by atoms with Gasteiger partial charge in [0.25, 0.3) is 0 Å². The molecule has 3 aliphatic heterocycles. The predicted octanol–water partition coefficient (Wildman–Crippen LogP) is 2.06. The second-order valence-electron chi connectivity index (χ2n) is 6.65. The Labute approximate surface area is 125 Å². The van der Waals surface area contributed by atoms with Crippen molar-refractivity contribution in [1.82, 2.24) is 9.80 Å². The molecule has 0 radical (unpaired) electrons. The minimum Gasteiger partial charge on any atom is -0.329 e. The van der Waals surface area contributed by atoms with Crippen molar-refractivity contribution < 1.29 is 0 Å². The fourth-order valence-corrected chi connectivity index (χ4v) is 5.63. The van der Waals surface area contributed by atoms with Gasteiger partial charge in [-0.05, 0) is 49.2 Å². The summed E-state index contributed by atoms with van der Waals surface area (Å²) in [4.78, 5) is 7.06. The second-order valence-corrected chi connectivity index (χ2v) is 7.65. The summed E-state index contributed by atoms with van der Waals surface area (Å²) in [5, 5.41) is 2.25. The van der Waals surface area contributed by atoms with E-state index in [1.54, 1.807) is 10.4 Å². The summed E-state index contributed by atoms with van der Waals surface area (Å²) in [6.07, 6.45) is 6.62. The highest BCUT2D eigenvalue weighted by molar-refractivity contribution is 7.10. The lowest BCUT2D eigenvalue weighted by atomic mass is 9.82. The Bertz CT molecular complexity index is 486. The zero-order chi connectivity index (χ0) is 13.6. The highest BCUT2D eigenvalue weighted by Crippen LogP contribution is 2.41. The van der Waals surface area contributed by atoms with Crippen molar-refractivity contribution in [2.75, 3.05) is 26.2 Å². The molecule has 1 aromatic rings. The summed E-state index contributed by atoms with van der Waals surface area (Å²) in [6.45, 7) is 5.71. The van der Waals surface area contributed by atoms with E-state index >= 15 is 0 Å². The van der Waals surface area contributed by atoms with Crippen molar-refractivity contribution in [2.45, 2.75) is 50.2 Å². The van der Waals surface area contributed by atoms with Crippen LogP contribution < -0.4 is 5.73 Å². The zero-order valence-corrected chi connectivity index (χ0v) is 13.0. The highest BCUT2D eigenvalue weighted by Gasteiger charge is 2.50. The van der Waals surface area contributed by atoms with E-state index in [9.17, 15) is 0 Å². The van der Waals surface area contributed by atoms with Crippen LogP contribution in [0, 0.1) is 0 Å². The lowest BCUT2D eigenvalue weighted by Crippen LogP contribution is -2.62. The number of thiophene rings is 1. The van der Waals surface area contributed by atoms with Gasteiger partial charge in [0, 0.05) is 37.1 Å². The maximum atomic E-state index is 6.34. The molecule has 4 heterocycles. The number of hydrogen-bond acceptors (Lipinski definition) is 4. The lowest BCUT2D eigenvalue weighted by molar-refractivity contribution is 0.0281. The molecule has 20 heavy (non-hydrogen) atoms. The normalized spacial score (nSPS) is 35.0. The Morgan fingerprint density at radius 3 is 3.15 bits per heavy atom. The molecule has 3 nitrogen and oxygen atoms in total. The Morgan fingerprint density at radius 2 is 2.25 bits per heavy atom. The van der Waals surface area contributed by atoms with Gasteiger partial charge in [-0.15, -0.1) is 11.3 Å². The molecule has 2 N–H and O–H groups in total. The van der Waals surface area contributed by atoms with Crippen molar-refractivity contribution in [2.24, 2.45) is 5.73 Å². The minimum atomic E-state index is 0.250. The maximum Gasteiger partial charge on any atom is 0.0502 e. The molecule has 2 fully saturated rings. The monoisotopic (exact) mass is 291 g/mol. The molecule has 0 bridgehead atoms. The Kier molecular flexibility index (Phi) is 3.38. The van der Waals surface area contributed by atoms with Gasteiger partial charge < -0.3 is 5.73 Å². The van der Waals surface area contributed by atoms with Crippen LogP contribution in [0.15, 0.2) is 11.4 Å². The van der Waals surface area contributed by atoms with Crippen molar-refractivity contribution in [3.8, 4) is 0 Å². The van der Waals surface area contributed by atoms with Gasteiger partial charge in [0.05, 0.1) is 5.54 Å². The zero-order valence-electron chi connectivity index (χ0n) is 12.2. The summed E-state index contributed by atoms with van der Waals surface area (Å²) in [5.41, 5.74) is 8.14. The molecule has 3 aliphatic rings. The number of hydrogen-bond donors (Lipinski definition) is 1. The molecule has 0 amide bonds. The largest absolute Gasteiger partial charge is 0.329 e. The Balaban J connectivity index is 1.62. The summed E-state index contributed by atoms with van der Waals surface area (Å²) in [6, 6.07) is 3.03. The Hall–Kier alpha value is -0.420. The summed E-state index contributed by atoms with van der Waals surface area (Å²) < 4.78 is 0. The van der Waals surface area contributed by atoms with Crippen molar-refractivity contribution in [1.29, 1.82) is 0 Å². The minimum absolute atomic E-state index is 0.250. The fourth-order valence-electron chi connectivity index (χ4n) is 4.74. The standard InChI is InChI=1S/C16H25N3S/c17-12-16(6-9-18-7-2-1-3-15(16)18)19-8-4-14-13(11-19)5-10-20-14/h5,10,15H,1-4,6-9,11-12,17H2. The molecular formula is C16H25N3S. The quantitative estimate of drug-likeness (QED) is 0.905. The van der Waals surface area contributed by atoms with Crippen LogP contribution in [0.25, 0.3) is 0 Å². The summed E-state index contributed by atoms with van der Waals surface area (Å²) in [7, 11) is 0. The van der Waals surface area contributed by atoms with E-state index in [4.69, 9.17) is 5.73 Å². The van der Waals surface area contributed by atoms with E-state index in [0.717, 1.165) is 13.1 Å². The molecule has 0 aliphatic carbocycles. The molecule has 0 aromatic carbocycles. The van der Waals surface area contributed by atoms with Crippen LogP contribution in [0.4, 0.5) is 0 Å². The second kappa shape index (κ2) is 5.09. The molecule has 0 spiro atoms. The Morgan fingerprint density at radius 1 is 1.30 bits per heavy atom.